The number of piperidine rings is 1. The second-order valence-corrected chi connectivity index (χ2v) is 6.00. The number of amides is 2. The smallest absolute Gasteiger partial charge is 0.225 e. The molecule has 7 heteroatoms. The lowest BCUT2D eigenvalue weighted by Gasteiger charge is -2.35. The second-order valence-electron chi connectivity index (χ2n) is 6.00. The minimum Gasteiger partial charge on any atom is -0.394 e. The van der Waals surface area contributed by atoms with Crippen molar-refractivity contribution in [1.29, 1.82) is 0 Å². The normalized spacial score (nSPS) is 17.1. The Morgan fingerprint density at radius 2 is 1.62 bits per heavy atom. The molecule has 0 aromatic heterocycles. The van der Waals surface area contributed by atoms with Crippen molar-refractivity contribution in [1.82, 2.24) is 10.2 Å². The quantitative estimate of drug-likeness (QED) is 0.488. The molecular formula is C14H26N2O5. The van der Waals surface area contributed by atoms with Crippen LogP contribution in [0.1, 0.15) is 26.7 Å². The third-order valence-electron chi connectivity index (χ3n) is 3.97. The molecule has 0 spiro atoms. The van der Waals surface area contributed by atoms with Gasteiger partial charge < -0.3 is 25.5 Å². The Labute approximate surface area is 124 Å². The van der Waals surface area contributed by atoms with Crippen molar-refractivity contribution in [2.24, 2.45) is 11.8 Å². The van der Waals surface area contributed by atoms with E-state index >= 15 is 0 Å². The van der Waals surface area contributed by atoms with E-state index in [9.17, 15) is 24.9 Å². The first-order valence-corrected chi connectivity index (χ1v) is 7.32. The zero-order valence-electron chi connectivity index (χ0n) is 12.7. The molecule has 2 amide bonds. The van der Waals surface area contributed by atoms with E-state index in [2.05, 4.69) is 5.32 Å². The summed E-state index contributed by atoms with van der Waals surface area (Å²) in [5.74, 6) is -0.542. The summed E-state index contributed by atoms with van der Waals surface area (Å²) in [5.41, 5.74) is -1.39. The number of aliphatic hydroxyl groups excluding tert-OH is 3. The van der Waals surface area contributed by atoms with E-state index in [0.29, 0.717) is 25.9 Å². The van der Waals surface area contributed by atoms with Crippen molar-refractivity contribution in [2.75, 3.05) is 32.9 Å². The minimum atomic E-state index is -1.39. The van der Waals surface area contributed by atoms with Crippen LogP contribution in [0.5, 0.6) is 0 Å². The van der Waals surface area contributed by atoms with Crippen molar-refractivity contribution >= 4 is 11.8 Å². The summed E-state index contributed by atoms with van der Waals surface area (Å²) in [4.78, 5) is 25.8. The predicted molar refractivity (Wildman–Crippen MR) is 76.3 cm³/mol. The standard InChI is InChI=1S/C14H26N2O5/c1-10(2)13(21)16-5-3-11(4-6-16)12(20)15-14(7-17,8-18)9-19/h10-11,17-19H,3-9H2,1-2H3,(H,15,20). The van der Waals surface area contributed by atoms with Gasteiger partial charge in [-0.3, -0.25) is 9.59 Å². The Kier molecular flexibility index (Phi) is 6.57. The summed E-state index contributed by atoms with van der Waals surface area (Å²) in [6.07, 6.45) is 1.09. The monoisotopic (exact) mass is 302 g/mol. The van der Waals surface area contributed by atoms with E-state index < -0.39 is 25.4 Å². The highest BCUT2D eigenvalue weighted by atomic mass is 16.3. The van der Waals surface area contributed by atoms with Gasteiger partial charge in [0.05, 0.1) is 19.8 Å². The van der Waals surface area contributed by atoms with Crippen LogP contribution in [0.3, 0.4) is 0 Å². The number of carbonyl (C=O) groups excluding carboxylic acids is 2. The van der Waals surface area contributed by atoms with Gasteiger partial charge in [0.2, 0.25) is 11.8 Å². The molecule has 0 radical (unpaired) electrons. The van der Waals surface area contributed by atoms with E-state index in [-0.39, 0.29) is 23.7 Å². The van der Waals surface area contributed by atoms with E-state index in [1.165, 1.54) is 0 Å². The molecule has 0 aliphatic carbocycles. The van der Waals surface area contributed by atoms with Crippen LogP contribution in [0.4, 0.5) is 0 Å². The highest BCUT2D eigenvalue weighted by Crippen LogP contribution is 2.20. The molecule has 122 valence electrons. The van der Waals surface area contributed by atoms with Crippen molar-refractivity contribution < 1.29 is 24.9 Å². The summed E-state index contributed by atoms with van der Waals surface area (Å²) in [6.45, 7) is 3.15. The van der Waals surface area contributed by atoms with Crippen LogP contribution in [0.15, 0.2) is 0 Å². The molecule has 1 rings (SSSR count). The maximum atomic E-state index is 12.2. The van der Waals surface area contributed by atoms with Crippen molar-refractivity contribution in [3.8, 4) is 0 Å². The molecular weight excluding hydrogens is 276 g/mol. The number of nitrogens with zero attached hydrogens (tertiary/aromatic N) is 1. The van der Waals surface area contributed by atoms with Crippen LogP contribution < -0.4 is 5.32 Å². The number of hydrogen-bond acceptors (Lipinski definition) is 5. The van der Waals surface area contributed by atoms with Gasteiger partial charge in [-0.05, 0) is 12.8 Å². The summed E-state index contributed by atoms with van der Waals surface area (Å²) in [5, 5.41) is 30.2. The Bertz CT molecular complexity index is 352. The van der Waals surface area contributed by atoms with Crippen molar-refractivity contribution in [2.45, 2.75) is 32.2 Å². The lowest BCUT2D eigenvalue weighted by molar-refractivity contribution is -0.139. The Balaban J connectivity index is 2.54. The number of aliphatic hydroxyl groups is 3. The van der Waals surface area contributed by atoms with E-state index in [1.807, 2.05) is 13.8 Å². The molecule has 1 saturated heterocycles. The number of rotatable bonds is 6. The summed E-state index contributed by atoms with van der Waals surface area (Å²) in [7, 11) is 0. The lowest BCUT2D eigenvalue weighted by atomic mass is 9.93. The third kappa shape index (κ3) is 4.39. The number of hydrogen-bond donors (Lipinski definition) is 4. The third-order valence-corrected chi connectivity index (χ3v) is 3.97. The van der Waals surface area contributed by atoms with Gasteiger partial charge in [0.25, 0.3) is 0 Å². The topological polar surface area (TPSA) is 110 Å². The number of likely N-dealkylation sites (tertiary alicyclic amines) is 1. The van der Waals surface area contributed by atoms with Gasteiger partial charge in [-0.2, -0.15) is 0 Å². The van der Waals surface area contributed by atoms with Crippen LogP contribution in [-0.4, -0.2) is 70.5 Å². The van der Waals surface area contributed by atoms with Gasteiger partial charge >= 0.3 is 0 Å². The fourth-order valence-corrected chi connectivity index (χ4v) is 2.36. The lowest BCUT2D eigenvalue weighted by Crippen LogP contribution is -2.59. The average molecular weight is 302 g/mol. The average Bonchev–Trinajstić information content (AvgIpc) is 2.52. The zero-order chi connectivity index (χ0) is 16.0. The van der Waals surface area contributed by atoms with Gasteiger partial charge in [-0.1, -0.05) is 13.8 Å². The molecule has 1 aliphatic rings. The maximum Gasteiger partial charge on any atom is 0.225 e. The molecule has 1 heterocycles. The first kappa shape index (κ1) is 17.9. The molecule has 0 aromatic carbocycles. The molecule has 0 bridgehead atoms. The van der Waals surface area contributed by atoms with Crippen molar-refractivity contribution in [3.63, 3.8) is 0 Å². The van der Waals surface area contributed by atoms with Crippen LogP contribution in [0.25, 0.3) is 0 Å². The van der Waals surface area contributed by atoms with Crippen molar-refractivity contribution in [3.05, 3.63) is 0 Å². The van der Waals surface area contributed by atoms with E-state index in [4.69, 9.17) is 0 Å². The highest BCUT2D eigenvalue weighted by molar-refractivity contribution is 5.81. The van der Waals surface area contributed by atoms with Gasteiger partial charge in [0.15, 0.2) is 0 Å². The summed E-state index contributed by atoms with van der Waals surface area (Å²) < 4.78 is 0. The first-order chi connectivity index (χ1) is 9.89. The molecule has 4 N–H and O–H groups in total. The zero-order valence-corrected chi connectivity index (χ0v) is 12.7. The number of nitrogens with one attached hydrogen (secondary N) is 1. The van der Waals surface area contributed by atoms with Gasteiger partial charge in [-0.15, -0.1) is 0 Å². The fourth-order valence-electron chi connectivity index (χ4n) is 2.36. The van der Waals surface area contributed by atoms with Gasteiger partial charge in [-0.25, -0.2) is 0 Å². The fraction of sp³-hybridized carbons (Fsp3) is 0.857. The molecule has 0 saturated carbocycles. The van der Waals surface area contributed by atoms with E-state index in [0.717, 1.165) is 0 Å². The van der Waals surface area contributed by atoms with Gasteiger partial charge in [0, 0.05) is 24.9 Å². The van der Waals surface area contributed by atoms with Crippen LogP contribution in [0.2, 0.25) is 0 Å². The molecule has 7 nitrogen and oxygen atoms in total. The molecule has 1 aliphatic heterocycles. The molecule has 0 unspecified atom stereocenters. The molecule has 21 heavy (non-hydrogen) atoms. The number of carbonyl (C=O) groups is 2. The van der Waals surface area contributed by atoms with Crippen LogP contribution >= 0.6 is 0 Å². The minimum absolute atomic E-state index is 0.0545. The van der Waals surface area contributed by atoms with Crippen LogP contribution in [-0.2, 0) is 9.59 Å². The Hall–Kier alpha value is -1.18. The maximum absolute atomic E-state index is 12.2. The molecule has 1 fully saturated rings. The van der Waals surface area contributed by atoms with E-state index in [1.54, 1.807) is 4.90 Å². The first-order valence-electron chi connectivity index (χ1n) is 7.32. The summed E-state index contributed by atoms with van der Waals surface area (Å²) >= 11 is 0. The largest absolute Gasteiger partial charge is 0.394 e. The second kappa shape index (κ2) is 7.72. The molecule has 0 aromatic rings. The Morgan fingerprint density at radius 3 is 2.00 bits per heavy atom. The van der Waals surface area contributed by atoms with Gasteiger partial charge in [0.1, 0.15) is 5.54 Å². The molecule has 0 atom stereocenters. The highest BCUT2D eigenvalue weighted by Gasteiger charge is 2.34. The Morgan fingerprint density at radius 1 is 1.14 bits per heavy atom. The SMILES string of the molecule is CC(C)C(=O)N1CCC(C(=O)NC(CO)(CO)CO)CC1. The predicted octanol–water partition coefficient (Wildman–Crippen LogP) is -1.29. The van der Waals surface area contributed by atoms with Crippen LogP contribution in [0, 0.1) is 11.8 Å². The summed E-state index contributed by atoms with van der Waals surface area (Å²) in [6, 6.07) is 0.